The molecule has 0 unspecified atom stereocenters. The van der Waals surface area contributed by atoms with Crippen LogP contribution in [0.15, 0.2) is 18.2 Å². The van der Waals surface area contributed by atoms with Crippen molar-refractivity contribution in [1.82, 2.24) is 9.97 Å². The molecule has 3 rings (SSSR count). The van der Waals surface area contributed by atoms with Crippen LogP contribution < -0.4 is 25.6 Å². The van der Waals surface area contributed by atoms with Crippen LogP contribution in [-0.2, 0) is 0 Å². The molecule has 1 aliphatic rings. The number of alkyl halides is 2. The lowest BCUT2D eigenvalue weighted by atomic mass is 9.79. The normalized spacial score (nSPS) is 14.4. The van der Waals surface area contributed by atoms with Gasteiger partial charge in [-0.05, 0) is 13.0 Å². The van der Waals surface area contributed by atoms with Crippen LogP contribution in [0.2, 0.25) is 0 Å². The highest BCUT2D eigenvalue weighted by Gasteiger charge is 2.46. The summed E-state index contributed by atoms with van der Waals surface area (Å²) in [5.41, 5.74) is 0.631. The summed E-state index contributed by atoms with van der Waals surface area (Å²) >= 11 is 0. The Morgan fingerprint density at radius 2 is 1.92 bits per heavy atom. The molecular weight excluding hydrogens is 325 g/mol. The third-order valence-corrected chi connectivity index (χ3v) is 3.18. The van der Waals surface area contributed by atoms with Gasteiger partial charge < -0.3 is 30.2 Å². The lowest BCUT2D eigenvalue weighted by Crippen LogP contribution is -2.33. The van der Waals surface area contributed by atoms with Crippen LogP contribution in [0.5, 0.6) is 11.5 Å². The summed E-state index contributed by atoms with van der Waals surface area (Å²) < 4.78 is 35.1. The first-order chi connectivity index (χ1) is 11.3. The standard InChI is InChI=1S/C13H13BF2N4O4/c1-6-3-10(17-2)20-12(18-6)19-7-4-8(14(21)22)11-9(5-7)23-13(15,16)24-11/h3-5,21-22H,1-2H3,(H2,17,18,19,20). The number of aromatic nitrogens is 2. The second kappa shape index (κ2) is 5.76. The van der Waals surface area contributed by atoms with Crippen molar-refractivity contribution in [1.29, 1.82) is 0 Å². The molecule has 1 aromatic carbocycles. The molecule has 0 saturated heterocycles. The van der Waals surface area contributed by atoms with Gasteiger partial charge in [0, 0.05) is 36.0 Å². The Kier molecular flexibility index (Phi) is 3.89. The minimum Gasteiger partial charge on any atom is -0.423 e. The molecule has 2 aromatic rings. The van der Waals surface area contributed by atoms with Gasteiger partial charge in [0.05, 0.1) is 0 Å². The van der Waals surface area contributed by atoms with Gasteiger partial charge in [0.2, 0.25) is 5.95 Å². The lowest BCUT2D eigenvalue weighted by Gasteiger charge is -2.11. The van der Waals surface area contributed by atoms with Gasteiger partial charge >= 0.3 is 13.4 Å². The van der Waals surface area contributed by atoms with E-state index in [0.717, 1.165) is 0 Å². The maximum atomic E-state index is 13.2. The monoisotopic (exact) mass is 338 g/mol. The third-order valence-electron chi connectivity index (χ3n) is 3.18. The van der Waals surface area contributed by atoms with Gasteiger partial charge in [-0.25, -0.2) is 4.98 Å². The molecule has 24 heavy (non-hydrogen) atoms. The number of anilines is 3. The predicted octanol–water partition coefficient (Wildman–Crippen LogP) is 0.572. The number of ether oxygens (including phenoxy) is 2. The summed E-state index contributed by atoms with van der Waals surface area (Å²) in [4.78, 5) is 8.33. The van der Waals surface area contributed by atoms with Gasteiger partial charge in [0.15, 0.2) is 11.5 Å². The number of hydrogen-bond acceptors (Lipinski definition) is 8. The average Bonchev–Trinajstić information content (AvgIpc) is 2.79. The van der Waals surface area contributed by atoms with Crippen LogP contribution >= 0.6 is 0 Å². The molecule has 2 heterocycles. The molecule has 1 aliphatic heterocycles. The molecular formula is C13H13BF2N4O4. The summed E-state index contributed by atoms with van der Waals surface area (Å²) in [6.45, 7) is 1.76. The minimum atomic E-state index is -3.87. The van der Waals surface area contributed by atoms with Gasteiger partial charge in [-0.15, -0.1) is 8.78 Å². The van der Waals surface area contributed by atoms with Crippen molar-refractivity contribution in [2.24, 2.45) is 0 Å². The summed E-state index contributed by atoms with van der Waals surface area (Å²) in [5, 5.41) is 24.4. The van der Waals surface area contributed by atoms with Crippen LogP contribution in [0.3, 0.4) is 0 Å². The molecule has 1 aromatic heterocycles. The smallest absolute Gasteiger partial charge is 0.423 e. The molecule has 126 valence electrons. The zero-order valence-corrected chi connectivity index (χ0v) is 12.7. The van der Waals surface area contributed by atoms with E-state index in [-0.39, 0.29) is 22.8 Å². The van der Waals surface area contributed by atoms with Crippen molar-refractivity contribution in [2.75, 3.05) is 17.7 Å². The van der Waals surface area contributed by atoms with E-state index >= 15 is 0 Å². The van der Waals surface area contributed by atoms with Crippen LogP contribution in [0.4, 0.5) is 26.2 Å². The van der Waals surface area contributed by atoms with Crippen molar-refractivity contribution in [3.05, 3.63) is 23.9 Å². The highest BCUT2D eigenvalue weighted by atomic mass is 19.3. The highest BCUT2D eigenvalue weighted by molar-refractivity contribution is 6.60. The van der Waals surface area contributed by atoms with Gasteiger partial charge in [-0.2, -0.15) is 4.98 Å². The van der Waals surface area contributed by atoms with E-state index in [4.69, 9.17) is 0 Å². The van der Waals surface area contributed by atoms with E-state index in [1.54, 1.807) is 20.0 Å². The predicted molar refractivity (Wildman–Crippen MR) is 82.1 cm³/mol. The Labute approximate surface area is 135 Å². The zero-order chi connectivity index (χ0) is 17.5. The molecule has 0 aliphatic carbocycles. The SMILES string of the molecule is CNc1cc(C)nc(Nc2cc3c(c(B(O)O)c2)OC(F)(F)O3)n1. The second-order valence-electron chi connectivity index (χ2n) is 5.03. The Hall–Kier alpha value is -2.66. The van der Waals surface area contributed by atoms with Crippen molar-refractivity contribution in [3.63, 3.8) is 0 Å². The summed E-state index contributed by atoms with van der Waals surface area (Å²) in [7, 11) is -0.335. The van der Waals surface area contributed by atoms with Gasteiger partial charge in [0.25, 0.3) is 0 Å². The Morgan fingerprint density at radius 3 is 2.58 bits per heavy atom. The highest BCUT2D eigenvalue weighted by Crippen LogP contribution is 2.41. The van der Waals surface area contributed by atoms with Crippen LogP contribution in [0, 0.1) is 6.92 Å². The van der Waals surface area contributed by atoms with Crippen molar-refractivity contribution >= 4 is 30.0 Å². The minimum absolute atomic E-state index is 0.198. The van der Waals surface area contributed by atoms with Crippen molar-refractivity contribution in [3.8, 4) is 11.5 Å². The largest absolute Gasteiger partial charge is 0.586 e. The van der Waals surface area contributed by atoms with Gasteiger partial charge in [-0.1, -0.05) is 0 Å². The average molecular weight is 338 g/mol. The van der Waals surface area contributed by atoms with Crippen LogP contribution in [0.25, 0.3) is 0 Å². The molecule has 8 nitrogen and oxygen atoms in total. The van der Waals surface area contributed by atoms with E-state index in [0.29, 0.717) is 11.5 Å². The van der Waals surface area contributed by atoms with Crippen molar-refractivity contribution in [2.45, 2.75) is 13.2 Å². The number of nitrogens with zero attached hydrogens (tertiary/aromatic N) is 2. The fourth-order valence-corrected chi connectivity index (χ4v) is 2.22. The fourth-order valence-electron chi connectivity index (χ4n) is 2.22. The molecule has 0 amide bonds. The topological polar surface area (TPSA) is 109 Å². The number of halogens is 2. The molecule has 0 fully saturated rings. The summed E-state index contributed by atoms with van der Waals surface area (Å²) in [6, 6.07) is 4.18. The van der Waals surface area contributed by atoms with Gasteiger partial charge in [0.1, 0.15) is 5.82 Å². The molecule has 0 spiro atoms. The number of nitrogens with one attached hydrogen (secondary N) is 2. The summed E-state index contributed by atoms with van der Waals surface area (Å²) in [6.07, 6.45) is -3.87. The number of rotatable bonds is 4. The number of fused-ring (bicyclic) bond motifs is 1. The van der Waals surface area contributed by atoms with E-state index in [2.05, 4.69) is 30.1 Å². The molecule has 11 heteroatoms. The number of aryl methyl sites for hydroxylation is 1. The number of hydrogen-bond donors (Lipinski definition) is 4. The van der Waals surface area contributed by atoms with Gasteiger partial charge in [-0.3, -0.25) is 0 Å². The number of benzene rings is 1. The maximum Gasteiger partial charge on any atom is 0.586 e. The lowest BCUT2D eigenvalue weighted by molar-refractivity contribution is -0.286. The van der Waals surface area contributed by atoms with E-state index in [1.165, 1.54) is 12.1 Å². The quantitative estimate of drug-likeness (QED) is 0.600. The Bertz CT molecular complexity index is 791. The zero-order valence-electron chi connectivity index (χ0n) is 12.7. The summed E-state index contributed by atoms with van der Waals surface area (Å²) in [5.74, 6) is -0.000680. The van der Waals surface area contributed by atoms with E-state index < -0.39 is 19.2 Å². The molecule has 0 atom stereocenters. The molecule has 4 N–H and O–H groups in total. The van der Waals surface area contributed by atoms with E-state index in [9.17, 15) is 18.8 Å². The third kappa shape index (κ3) is 3.17. The first-order valence-corrected chi connectivity index (χ1v) is 6.88. The van der Waals surface area contributed by atoms with Crippen molar-refractivity contribution < 1.29 is 28.3 Å². The fraction of sp³-hybridized carbons (Fsp3) is 0.231. The van der Waals surface area contributed by atoms with E-state index in [1.807, 2.05) is 0 Å². The molecule has 0 saturated carbocycles. The Morgan fingerprint density at radius 1 is 1.17 bits per heavy atom. The molecule has 0 bridgehead atoms. The van der Waals surface area contributed by atoms with Crippen LogP contribution in [-0.4, -0.2) is 40.5 Å². The van der Waals surface area contributed by atoms with Crippen LogP contribution in [0.1, 0.15) is 5.69 Å². The Balaban J connectivity index is 1.98. The first kappa shape index (κ1) is 16.2. The second-order valence-corrected chi connectivity index (χ2v) is 5.03. The molecule has 0 radical (unpaired) electrons. The first-order valence-electron chi connectivity index (χ1n) is 6.88. The maximum absolute atomic E-state index is 13.2.